The molecule has 21 heavy (non-hydrogen) atoms. The van der Waals surface area contributed by atoms with Gasteiger partial charge in [0, 0.05) is 30.4 Å². The van der Waals surface area contributed by atoms with Gasteiger partial charge in [-0.3, -0.25) is 0 Å². The average molecular weight is 479 g/mol. The van der Waals surface area contributed by atoms with E-state index in [1.807, 2.05) is 6.07 Å². The lowest BCUT2D eigenvalue weighted by molar-refractivity contribution is 0.262. The van der Waals surface area contributed by atoms with Crippen molar-refractivity contribution in [2.24, 2.45) is 0 Å². The molecule has 4 nitrogen and oxygen atoms in total. The van der Waals surface area contributed by atoms with Crippen molar-refractivity contribution in [2.75, 3.05) is 10.6 Å². The summed E-state index contributed by atoms with van der Waals surface area (Å²) in [6.45, 7) is -0.147. The molecule has 0 atom stereocenters. The zero-order valence-electron chi connectivity index (χ0n) is 10.7. The predicted molar refractivity (Wildman–Crippen MR) is 94.5 cm³/mol. The van der Waals surface area contributed by atoms with Gasteiger partial charge in [0.2, 0.25) is 0 Å². The largest absolute Gasteiger partial charge is 0.392 e. The normalized spacial score (nSPS) is 10.3. The molecule has 0 saturated heterocycles. The predicted octanol–water partition coefficient (Wildman–Crippen LogP) is 5.11. The van der Waals surface area contributed by atoms with Crippen LogP contribution in [0.5, 0.6) is 0 Å². The second kappa shape index (κ2) is 7.40. The van der Waals surface area contributed by atoms with Gasteiger partial charge in [0.15, 0.2) is 0 Å². The van der Waals surface area contributed by atoms with E-state index in [4.69, 9.17) is 0 Å². The molecule has 3 N–H and O–H groups in total. The lowest BCUT2D eigenvalue weighted by atomic mass is 10.2. The second-order valence-electron chi connectivity index (χ2n) is 4.20. The lowest BCUT2D eigenvalue weighted by Gasteiger charge is -2.11. The Morgan fingerprint density at radius 3 is 2.24 bits per heavy atom. The number of nitrogens with one attached hydrogen (secondary N) is 2. The van der Waals surface area contributed by atoms with Crippen molar-refractivity contribution >= 4 is 65.2 Å². The molecule has 2 aromatic carbocycles. The number of carbonyl (C=O) groups excluding carboxylic acids is 1. The van der Waals surface area contributed by atoms with Crippen molar-refractivity contribution in [3.05, 3.63) is 55.4 Å². The number of hydrogen-bond donors (Lipinski definition) is 3. The van der Waals surface area contributed by atoms with Crippen LogP contribution in [0.4, 0.5) is 16.2 Å². The average Bonchev–Trinajstić information content (AvgIpc) is 2.37. The molecule has 0 unspecified atom stereocenters. The Balaban J connectivity index is 2.13. The summed E-state index contributed by atoms with van der Waals surface area (Å²) in [6, 6.07) is 10.4. The summed E-state index contributed by atoms with van der Waals surface area (Å²) in [5, 5.41) is 14.7. The van der Waals surface area contributed by atoms with Gasteiger partial charge >= 0.3 is 6.03 Å². The van der Waals surface area contributed by atoms with Crippen LogP contribution in [0.15, 0.2) is 49.8 Å². The maximum atomic E-state index is 12.0. The Labute approximate surface area is 147 Å². The molecule has 0 saturated carbocycles. The van der Waals surface area contributed by atoms with E-state index < -0.39 is 0 Å². The number of aliphatic hydroxyl groups excluding tert-OH is 1. The molecule has 2 amide bonds. The molecule has 0 heterocycles. The summed E-state index contributed by atoms with van der Waals surface area (Å²) in [5.74, 6) is 0. The summed E-state index contributed by atoms with van der Waals surface area (Å²) >= 11 is 10.1. The van der Waals surface area contributed by atoms with Crippen molar-refractivity contribution in [1.82, 2.24) is 0 Å². The van der Waals surface area contributed by atoms with Gasteiger partial charge in [-0.2, -0.15) is 0 Å². The van der Waals surface area contributed by atoms with Crippen molar-refractivity contribution in [3.8, 4) is 0 Å². The minimum Gasteiger partial charge on any atom is -0.392 e. The molecule has 0 fully saturated rings. The molecule has 0 radical (unpaired) electrons. The van der Waals surface area contributed by atoms with Crippen molar-refractivity contribution < 1.29 is 9.90 Å². The Morgan fingerprint density at radius 2 is 1.62 bits per heavy atom. The van der Waals surface area contributed by atoms with Gasteiger partial charge in [-0.25, -0.2) is 4.79 Å². The first-order valence-corrected chi connectivity index (χ1v) is 8.29. The van der Waals surface area contributed by atoms with Crippen LogP contribution in [0.2, 0.25) is 0 Å². The number of rotatable bonds is 3. The zero-order chi connectivity index (χ0) is 15.4. The van der Waals surface area contributed by atoms with Gasteiger partial charge in [0.1, 0.15) is 0 Å². The third kappa shape index (κ3) is 4.81. The Kier molecular flexibility index (Phi) is 5.80. The number of hydrogen-bond acceptors (Lipinski definition) is 2. The molecular formula is C14H11Br3N2O2. The molecular weight excluding hydrogens is 468 g/mol. The third-order valence-corrected chi connectivity index (χ3v) is 4.02. The van der Waals surface area contributed by atoms with E-state index in [-0.39, 0.29) is 12.6 Å². The maximum Gasteiger partial charge on any atom is 0.323 e. The van der Waals surface area contributed by atoms with E-state index in [1.54, 1.807) is 30.3 Å². The van der Waals surface area contributed by atoms with Gasteiger partial charge in [-0.05, 0) is 30.3 Å². The Morgan fingerprint density at radius 1 is 0.952 bits per heavy atom. The Hall–Kier alpha value is -0.890. The zero-order valence-corrected chi connectivity index (χ0v) is 15.4. The molecule has 2 rings (SSSR count). The highest BCUT2D eigenvalue weighted by atomic mass is 79.9. The first-order chi connectivity index (χ1) is 9.97. The lowest BCUT2D eigenvalue weighted by Crippen LogP contribution is -2.20. The monoisotopic (exact) mass is 476 g/mol. The highest BCUT2D eigenvalue weighted by Crippen LogP contribution is 2.24. The number of aliphatic hydroxyl groups is 1. The van der Waals surface area contributed by atoms with Crippen LogP contribution >= 0.6 is 47.8 Å². The van der Waals surface area contributed by atoms with Crippen molar-refractivity contribution in [1.29, 1.82) is 0 Å². The topological polar surface area (TPSA) is 61.4 Å². The first-order valence-electron chi connectivity index (χ1n) is 5.91. The van der Waals surface area contributed by atoms with Crippen LogP contribution in [0.1, 0.15) is 5.56 Å². The van der Waals surface area contributed by atoms with Gasteiger partial charge < -0.3 is 15.7 Å². The minimum atomic E-state index is -0.382. The van der Waals surface area contributed by atoms with Gasteiger partial charge in [-0.15, -0.1) is 0 Å². The fraction of sp³-hybridized carbons (Fsp3) is 0.0714. The number of halogens is 3. The minimum absolute atomic E-state index is 0.147. The molecule has 0 aliphatic heterocycles. The van der Waals surface area contributed by atoms with Crippen molar-refractivity contribution in [3.63, 3.8) is 0 Å². The molecule has 110 valence electrons. The number of anilines is 2. The fourth-order valence-corrected chi connectivity index (χ4v) is 3.37. The third-order valence-electron chi connectivity index (χ3n) is 2.61. The van der Waals surface area contributed by atoms with E-state index >= 15 is 0 Å². The van der Waals surface area contributed by atoms with E-state index in [0.717, 1.165) is 13.4 Å². The summed E-state index contributed by atoms with van der Waals surface area (Å²) in [5.41, 5.74) is 1.84. The van der Waals surface area contributed by atoms with Crippen LogP contribution < -0.4 is 10.6 Å². The highest BCUT2D eigenvalue weighted by molar-refractivity contribution is 9.11. The van der Waals surface area contributed by atoms with Gasteiger partial charge in [0.25, 0.3) is 0 Å². The van der Waals surface area contributed by atoms with E-state index in [0.29, 0.717) is 16.9 Å². The number of urea groups is 1. The summed E-state index contributed by atoms with van der Waals surface area (Å²) < 4.78 is 2.52. The molecule has 7 heteroatoms. The summed E-state index contributed by atoms with van der Waals surface area (Å²) in [4.78, 5) is 12.0. The highest BCUT2D eigenvalue weighted by Gasteiger charge is 2.08. The Bertz CT molecular complexity index is 657. The molecule has 2 aromatic rings. The van der Waals surface area contributed by atoms with Gasteiger partial charge in [-0.1, -0.05) is 53.9 Å². The number of carbonyl (C=O) groups is 1. The smallest absolute Gasteiger partial charge is 0.323 e. The molecule has 0 bridgehead atoms. The van der Waals surface area contributed by atoms with E-state index in [2.05, 4.69) is 58.4 Å². The van der Waals surface area contributed by atoms with Crippen LogP contribution in [-0.2, 0) is 6.61 Å². The number of amides is 2. The quantitative estimate of drug-likeness (QED) is 0.574. The maximum absolute atomic E-state index is 12.0. The van der Waals surface area contributed by atoms with Crippen LogP contribution in [0.25, 0.3) is 0 Å². The van der Waals surface area contributed by atoms with Crippen LogP contribution in [0.3, 0.4) is 0 Å². The van der Waals surface area contributed by atoms with E-state index in [1.165, 1.54) is 0 Å². The summed E-state index contributed by atoms with van der Waals surface area (Å²) in [6.07, 6.45) is 0. The molecule has 0 aromatic heterocycles. The molecule has 0 aliphatic carbocycles. The molecule has 0 aliphatic rings. The molecule has 0 spiro atoms. The van der Waals surface area contributed by atoms with E-state index in [9.17, 15) is 9.90 Å². The first kappa shape index (κ1) is 16.5. The van der Waals surface area contributed by atoms with Crippen LogP contribution in [-0.4, -0.2) is 11.1 Å². The fourth-order valence-electron chi connectivity index (χ4n) is 1.71. The van der Waals surface area contributed by atoms with Crippen molar-refractivity contribution in [2.45, 2.75) is 6.61 Å². The van der Waals surface area contributed by atoms with Crippen LogP contribution in [0, 0.1) is 0 Å². The summed E-state index contributed by atoms with van der Waals surface area (Å²) in [7, 11) is 0. The van der Waals surface area contributed by atoms with Gasteiger partial charge in [0.05, 0.1) is 6.61 Å². The SMILES string of the molecule is O=C(Nc1cc(Br)cc(Br)c1)Nc1cc(Br)ccc1CO. The standard InChI is InChI=1S/C14H11Br3N2O2/c15-9-2-1-8(7-20)13(6-9)19-14(21)18-12-4-10(16)3-11(17)5-12/h1-6,20H,7H2,(H2,18,19,21). The number of benzene rings is 2. The second-order valence-corrected chi connectivity index (χ2v) is 6.94.